The Balaban J connectivity index is 1.80. The summed E-state index contributed by atoms with van der Waals surface area (Å²) in [6.07, 6.45) is 0. The lowest BCUT2D eigenvalue weighted by Crippen LogP contribution is -2.30. The lowest BCUT2D eigenvalue weighted by molar-refractivity contribution is -0.119. The fraction of sp³-hybridized carbons (Fsp3) is 0.375. The van der Waals surface area contributed by atoms with Gasteiger partial charge in [-0.3, -0.25) is 9.89 Å². The Labute approximate surface area is 155 Å². The van der Waals surface area contributed by atoms with Crippen molar-refractivity contribution in [3.8, 4) is 0 Å². The zero-order chi connectivity index (χ0) is 18.9. The Hall–Kier alpha value is -2.59. The van der Waals surface area contributed by atoms with Crippen LogP contribution in [0.3, 0.4) is 0 Å². The van der Waals surface area contributed by atoms with E-state index in [0.29, 0.717) is 28.8 Å². The Morgan fingerprint density at radius 3 is 2.77 bits per heavy atom. The van der Waals surface area contributed by atoms with E-state index in [4.69, 9.17) is 4.74 Å². The molecule has 2 aromatic rings. The minimum absolute atomic E-state index is 0.0286. The molecular formula is C16H22N6O3S. The van der Waals surface area contributed by atoms with Gasteiger partial charge >= 0.3 is 6.03 Å². The van der Waals surface area contributed by atoms with Gasteiger partial charge in [-0.05, 0) is 31.5 Å². The van der Waals surface area contributed by atoms with Crippen molar-refractivity contribution >= 4 is 35.1 Å². The van der Waals surface area contributed by atoms with Crippen molar-refractivity contribution < 1.29 is 14.3 Å². The second-order valence-corrected chi connectivity index (χ2v) is 6.51. The third-order valence-electron chi connectivity index (χ3n) is 3.24. The summed E-state index contributed by atoms with van der Waals surface area (Å²) in [6, 6.07) is 4.97. The van der Waals surface area contributed by atoms with Gasteiger partial charge in [0.05, 0.1) is 0 Å². The monoisotopic (exact) mass is 378 g/mol. The number of hydrogen-bond acceptors (Lipinski definition) is 6. The molecule has 140 valence electrons. The number of anilines is 2. The van der Waals surface area contributed by atoms with Crippen molar-refractivity contribution in [3.05, 3.63) is 29.6 Å². The normalized spacial score (nSPS) is 10.4. The molecule has 0 spiro atoms. The predicted octanol–water partition coefficient (Wildman–Crippen LogP) is 1.92. The highest BCUT2D eigenvalue weighted by molar-refractivity contribution is 7.99. The van der Waals surface area contributed by atoms with Crippen LogP contribution < -0.4 is 16.0 Å². The molecular weight excluding hydrogens is 356 g/mol. The minimum atomic E-state index is -0.319. The van der Waals surface area contributed by atoms with Crippen molar-refractivity contribution in [2.24, 2.45) is 0 Å². The lowest BCUT2D eigenvalue weighted by Gasteiger charge is -2.12. The number of aromatic nitrogens is 3. The molecule has 0 aliphatic rings. The molecule has 0 bridgehead atoms. The number of amides is 3. The van der Waals surface area contributed by atoms with E-state index in [0.717, 1.165) is 11.4 Å². The molecule has 0 saturated carbocycles. The summed E-state index contributed by atoms with van der Waals surface area (Å²) in [5, 5.41) is 15.7. The van der Waals surface area contributed by atoms with Gasteiger partial charge in [0.1, 0.15) is 12.4 Å². The summed E-state index contributed by atoms with van der Waals surface area (Å²) in [5.41, 5.74) is 2.09. The number of H-pyrrole nitrogens is 1. The first-order valence-corrected chi connectivity index (χ1v) is 8.92. The molecule has 0 aliphatic carbocycles. The van der Waals surface area contributed by atoms with Crippen molar-refractivity contribution in [1.29, 1.82) is 0 Å². The van der Waals surface area contributed by atoms with E-state index in [1.807, 2.05) is 19.9 Å². The van der Waals surface area contributed by atoms with Crippen LogP contribution in [0.4, 0.5) is 16.2 Å². The number of ether oxygens (including phenoxy) is 1. The smallest absolute Gasteiger partial charge is 0.319 e. The molecule has 0 aliphatic heterocycles. The fourth-order valence-corrected chi connectivity index (χ4v) is 2.72. The fourth-order valence-electron chi connectivity index (χ4n) is 2.02. The number of thioether (sulfide) groups is 1. The Kier molecular flexibility index (Phi) is 7.42. The number of methoxy groups -OCH3 is 1. The SMILES string of the molecule is COCC(=O)Nc1ccc(C)c(NC(=O)NCCSc2n[nH]c(C)n2)c1. The van der Waals surface area contributed by atoms with Crippen molar-refractivity contribution in [3.63, 3.8) is 0 Å². The summed E-state index contributed by atoms with van der Waals surface area (Å²) in [6.45, 7) is 4.14. The molecule has 10 heteroatoms. The minimum Gasteiger partial charge on any atom is -0.375 e. The van der Waals surface area contributed by atoms with Gasteiger partial charge < -0.3 is 20.7 Å². The maximum absolute atomic E-state index is 12.0. The molecule has 1 aromatic carbocycles. The van der Waals surface area contributed by atoms with Gasteiger partial charge in [0.2, 0.25) is 11.1 Å². The van der Waals surface area contributed by atoms with Gasteiger partial charge in [0.15, 0.2) is 0 Å². The van der Waals surface area contributed by atoms with E-state index in [9.17, 15) is 9.59 Å². The van der Waals surface area contributed by atoms with Crippen LogP contribution in [0.5, 0.6) is 0 Å². The molecule has 0 unspecified atom stereocenters. The maximum atomic E-state index is 12.0. The van der Waals surface area contributed by atoms with E-state index >= 15 is 0 Å². The predicted molar refractivity (Wildman–Crippen MR) is 101 cm³/mol. The molecule has 0 atom stereocenters. The molecule has 3 amide bonds. The number of carbonyl (C=O) groups is 2. The van der Waals surface area contributed by atoms with E-state index in [1.54, 1.807) is 12.1 Å². The molecule has 26 heavy (non-hydrogen) atoms. The number of nitrogens with one attached hydrogen (secondary N) is 4. The van der Waals surface area contributed by atoms with Gasteiger partial charge in [-0.2, -0.15) is 0 Å². The Morgan fingerprint density at radius 2 is 2.08 bits per heavy atom. The topological polar surface area (TPSA) is 121 Å². The molecule has 1 heterocycles. The van der Waals surface area contributed by atoms with Gasteiger partial charge in [-0.15, -0.1) is 5.10 Å². The maximum Gasteiger partial charge on any atom is 0.319 e. The highest BCUT2D eigenvalue weighted by Crippen LogP contribution is 2.20. The molecule has 9 nitrogen and oxygen atoms in total. The summed E-state index contributed by atoms with van der Waals surface area (Å²) >= 11 is 1.45. The lowest BCUT2D eigenvalue weighted by atomic mass is 10.2. The molecule has 4 N–H and O–H groups in total. The largest absolute Gasteiger partial charge is 0.375 e. The zero-order valence-corrected chi connectivity index (χ0v) is 15.7. The average molecular weight is 378 g/mol. The standard InChI is InChI=1S/C16H22N6O3S/c1-10-4-5-12(19-14(23)9-25-3)8-13(10)20-15(24)17-6-7-26-16-18-11(2)21-22-16/h4-5,8H,6-7,9H2,1-3H3,(H,19,23)(H2,17,20,24)(H,18,21,22). The highest BCUT2D eigenvalue weighted by atomic mass is 32.2. The van der Waals surface area contributed by atoms with Crippen LogP contribution in [-0.4, -0.2) is 53.1 Å². The number of nitrogens with zero attached hydrogens (tertiary/aromatic N) is 2. The Morgan fingerprint density at radius 1 is 1.27 bits per heavy atom. The molecule has 0 fully saturated rings. The summed E-state index contributed by atoms with van der Waals surface area (Å²) in [4.78, 5) is 27.8. The number of aromatic amines is 1. The second-order valence-electron chi connectivity index (χ2n) is 5.44. The Bertz CT molecular complexity index is 764. The zero-order valence-electron chi connectivity index (χ0n) is 14.9. The highest BCUT2D eigenvalue weighted by Gasteiger charge is 2.08. The first kappa shape index (κ1) is 19.7. The van der Waals surface area contributed by atoms with Gasteiger partial charge in [-0.1, -0.05) is 17.8 Å². The van der Waals surface area contributed by atoms with E-state index in [1.165, 1.54) is 18.9 Å². The van der Waals surface area contributed by atoms with E-state index in [-0.39, 0.29) is 18.5 Å². The van der Waals surface area contributed by atoms with Crippen LogP contribution in [-0.2, 0) is 9.53 Å². The van der Waals surface area contributed by atoms with Crippen LogP contribution in [0.1, 0.15) is 11.4 Å². The van der Waals surface area contributed by atoms with Crippen LogP contribution in [0.15, 0.2) is 23.4 Å². The van der Waals surface area contributed by atoms with Crippen LogP contribution >= 0.6 is 11.8 Å². The molecule has 2 rings (SSSR count). The van der Waals surface area contributed by atoms with Gasteiger partial charge in [-0.25, -0.2) is 9.78 Å². The van der Waals surface area contributed by atoms with E-state index < -0.39 is 0 Å². The number of urea groups is 1. The summed E-state index contributed by atoms with van der Waals surface area (Å²) < 4.78 is 4.78. The third kappa shape index (κ3) is 6.37. The van der Waals surface area contributed by atoms with Crippen LogP contribution in [0.2, 0.25) is 0 Å². The number of hydrogen-bond donors (Lipinski definition) is 4. The summed E-state index contributed by atoms with van der Waals surface area (Å²) in [7, 11) is 1.45. The van der Waals surface area contributed by atoms with Gasteiger partial charge in [0.25, 0.3) is 0 Å². The van der Waals surface area contributed by atoms with E-state index in [2.05, 4.69) is 31.1 Å². The molecule has 1 aromatic heterocycles. The third-order valence-corrected chi connectivity index (χ3v) is 4.09. The summed E-state index contributed by atoms with van der Waals surface area (Å²) in [5.74, 6) is 1.15. The number of carbonyl (C=O) groups excluding carboxylic acids is 2. The van der Waals surface area contributed by atoms with Gasteiger partial charge in [0, 0.05) is 30.8 Å². The number of rotatable bonds is 8. The number of aryl methyl sites for hydroxylation is 2. The number of benzene rings is 1. The first-order valence-electron chi connectivity index (χ1n) is 7.94. The first-order chi connectivity index (χ1) is 12.5. The quantitative estimate of drug-likeness (QED) is 0.411. The molecule has 0 saturated heterocycles. The van der Waals surface area contributed by atoms with Crippen molar-refractivity contribution in [2.45, 2.75) is 19.0 Å². The second kappa shape index (κ2) is 9.78. The van der Waals surface area contributed by atoms with Crippen LogP contribution in [0, 0.1) is 13.8 Å². The average Bonchev–Trinajstić information content (AvgIpc) is 3.00. The van der Waals surface area contributed by atoms with Crippen LogP contribution in [0.25, 0.3) is 0 Å². The molecule has 0 radical (unpaired) electrons. The van der Waals surface area contributed by atoms with Crippen molar-refractivity contribution in [2.75, 3.05) is 36.6 Å². The van der Waals surface area contributed by atoms with Crippen molar-refractivity contribution in [1.82, 2.24) is 20.5 Å².